The Kier molecular flexibility index (Phi) is 3.40. The number of carbonyl (C=O) groups is 1. The highest BCUT2D eigenvalue weighted by molar-refractivity contribution is 5.53. The maximum absolute atomic E-state index is 12.5. The van der Waals surface area contributed by atoms with Gasteiger partial charge in [0.1, 0.15) is 6.29 Å². The molecule has 4 nitrogen and oxygen atoms in total. The molecule has 1 heterocycles. The van der Waals surface area contributed by atoms with Crippen molar-refractivity contribution in [1.82, 2.24) is 9.78 Å². The first-order chi connectivity index (χ1) is 8.11. The Balaban J connectivity index is 2.08. The van der Waals surface area contributed by atoms with Crippen molar-refractivity contribution in [3.8, 4) is 0 Å². The van der Waals surface area contributed by atoms with Crippen LogP contribution in [0.1, 0.15) is 43.8 Å². The number of anilines is 1. The number of alkyl halides is 2. The van der Waals surface area contributed by atoms with E-state index in [0.717, 1.165) is 32.0 Å². The van der Waals surface area contributed by atoms with E-state index in [0.29, 0.717) is 0 Å². The molecule has 0 atom stereocenters. The van der Waals surface area contributed by atoms with Crippen molar-refractivity contribution >= 4 is 12.0 Å². The Morgan fingerprint density at radius 1 is 1.41 bits per heavy atom. The van der Waals surface area contributed by atoms with E-state index in [1.807, 2.05) is 0 Å². The third kappa shape index (κ3) is 2.45. The van der Waals surface area contributed by atoms with Crippen LogP contribution in [0.2, 0.25) is 0 Å². The summed E-state index contributed by atoms with van der Waals surface area (Å²) in [5.41, 5.74) is 5.18. The van der Waals surface area contributed by atoms with E-state index >= 15 is 0 Å². The monoisotopic (exact) mass is 243 g/mol. The van der Waals surface area contributed by atoms with Crippen LogP contribution in [0.5, 0.6) is 0 Å². The van der Waals surface area contributed by atoms with Gasteiger partial charge in [-0.1, -0.05) is 0 Å². The zero-order chi connectivity index (χ0) is 12.4. The van der Waals surface area contributed by atoms with Crippen LogP contribution in [0, 0.1) is 5.92 Å². The smallest absolute Gasteiger partial charge is 0.284 e. The van der Waals surface area contributed by atoms with Gasteiger partial charge in [-0.25, -0.2) is 8.78 Å². The second-order valence-corrected chi connectivity index (χ2v) is 4.46. The Hall–Kier alpha value is -1.46. The van der Waals surface area contributed by atoms with Gasteiger partial charge in [0.2, 0.25) is 0 Å². The van der Waals surface area contributed by atoms with Crippen LogP contribution in [-0.4, -0.2) is 16.1 Å². The van der Waals surface area contributed by atoms with E-state index in [1.165, 1.54) is 10.9 Å². The van der Waals surface area contributed by atoms with E-state index < -0.39 is 6.43 Å². The van der Waals surface area contributed by atoms with Gasteiger partial charge in [0.25, 0.3) is 6.43 Å². The van der Waals surface area contributed by atoms with Gasteiger partial charge in [0.05, 0.1) is 11.7 Å². The van der Waals surface area contributed by atoms with Crippen LogP contribution in [-0.2, 0) is 4.79 Å². The lowest BCUT2D eigenvalue weighted by molar-refractivity contribution is -0.112. The molecule has 94 valence electrons. The maximum Gasteiger partial charge on any atom is 0.284 e. The normalized spacial score (nSPS) is 25.1. The van der Waals surface area contributed by atoms with Crippen molar-refractivity contribution in [3.05, 3.63) is 11.9 Å². The Morgan fingerprint density at radius 2 is 2.06 bits per heavy atom. The average molecular weight is 243 g/mol. The predicted molar refractivity (Wildman–Crippen MR) is 58.7 cm³/mol. The molecule has 1 aromatic rings. The highest BCUT2D eigenvalue weighted by Gasteiger charge is 2.24. The lowest BCUT2D eigenvalue weighted by atomic mass is 9.87. The van der Waals surface area contributed by atoms with Gasteiger partial charge < -0.3 is 10.5 Å². The number of hydrogen-bond donors (Lipinski definition) is 1. The molecule has 0 bridgehead atoms. The summed E-state index contributed by atoms with van der Waals surface area (Å²) >= 11 is 0. The zero-order valence-electron chi connectivity index (χ0n) is 9.35. The van der Waals surface area contributed by atoms with Crippen LogP contribution in [0.15, 0.2) is 6.20 Å². The zero-order valence-corrected chi connectivity index (χ0v) is 9.35. The van der Waals surface area contributed by atoms with E-state index in [2.05, 4.69) is 5.10 Å². The van der Waals surface area contributed by atoms with Crippen molar-refractivity contribution in [1.29, 1.82) is 0 Å². The molecule has 1 fully saturated rings. The Bertz CT molecular complexity index is 397. The number of carbonyl (C=O) groups excluding carboxylic acids is 1. The minimum Gasteiger partial charge on any atom is -0.396 e. The summed E-state index contributed by atoms with van der Waals surface area (Å²) in [5, 5.41) is 3.84. The molecule has 0 radical (unpaired) electrons. The van der Waals surface area contributed by atoms with Gasteiger partial charge in [0.15, 0.2) is 5.69 Å². The summed E-state index contributed by atoms with van der Waals surface area (Å²) in [4.78, 5) is 10.6. The third-order valence-corrected chi connectivity index (χ3v) is 3.30. The minimum absolute atomic E-state index is 0.0394. The second kappa shape index (κ2) is 4.81. The summed E-state index contributed by atoms with van der Waals surface area (Å²) in [6, 6.07) is 0.0843. The molecule has 1 aliphatic rings. The van der Waals surface area contributed by atoms with Crippen molar-refractivity contribution < 1.29 is 13.6 Å². The standard InChI is InChI=1S/C11H15F2N3O/c12-11(13)10-9(14)5-16(15-10)8-3-1-7(6-17)2-4-8/h5-8,11H,1-4,14H2. The van der Waals surface area contributed by atoms with Crippen molar-refractivity contribution in [2.45, 2.75) is 38.2 Å². The number of nitrogens with zero attached hydrogens (tertiary/aromatic N) is 2. The Labute approximate surface area is 97.8 Å². The van der Waals surface area contributed by atoms with Crippen LogP contribution < -0.4 is 5.73 Å². The van der Waals surface area contributed by atoms with E-state index in [-0.39, 0.29) is 23.3 Å². The van der Waals surface area contributed by atoms with Crippen LogP contribution >= 0.6 is 0 Å². The molecule has 0 saturated heterocycles. The van der Waals surface area contributed by atoms with Gasteiger partial charge in [-0.3, -0.25) is 4.68 Å². The SMILES string of the molecule is Nc1cn(C2CCC(C=O)CC2)nc1C(F)F. The molecular weight excluding hydrogens is 228 g/mol. The topological polar surface area (TPSA) is 60.9 Å². The fourth-order valence-electron chi connectivity index (χ4n) is 2.28. The molecule has 0 amide bonds. The molecule has 17 heavy (non-hydrogen) atoms. The summed E-state index contributed by atoms with van der Waals surface area (Å²) in [5.74, 6) is 0.105. The summed E-state index contributed by atoms with van der Waals surface area (Å²) in [6.45, 7) is 0. The van der Waals surface area contributed by atoms with Gasteiger partial charge in [0, 0.05) is 12.1 Å². The van der Waals surface area contributed by atoms with Crippen LogP contribution in [0.4, 0.5) is 14.5 Å². The summed E-state index contributed by atoms with van der Waals surface area (Å²) in [7, 11) is 0. The van der Waals surface area contributed by atoms with E-state index in [9.17, 15) is 13.6 Å². The van der Waals surface area contributed by atoms with Gasteiger partial charge >= 0.3 is 0 Å². The van der Waals surface area contributed by atoms with Crippen molar-refractivity contribution in [2.75, 3.05) is 5.73 Å². The molecule has 2 rings (SSSR count). The number of rotatable bonds is 3. The van der Waals surface area contributed by atoms with Crippen LogP contribution in [0.3, 0.4) is 0 Å². The fraction of sp³-hybridized carbons (Fsp3) is 0.636. The first-order valence-corrected chi connectivity index (χ1v) is 5.69. The largest absolute Gasteiger partial charge is 0.396 e. The van der Waals surface area contributed by atoms with Gasteiger partial charge in [-0.05, 0) is 25.7 Å². The highest BCUT2D eigenvalue weighted by Crippen LogP contribution is 2.33. The van der Waals surface area contributed by atoms with Gasteiger partial charge in [-0.2, -0.15) is 5.10 Å². The highest BCUT2D eigenvalue weighted by atomic mass is 19.3. The van der Waals surface area contributed by atoms with Crippen molar-refractivity contribution in [2.24, 2.45) is 5.92 Å². The van der Waals surface area contributed by atoms with E-state index in [4.69, 9.17) is 5.73 Å². The number of nitrogen functional groups attached to an aromatic ring is 1. The third-order valence-electron chi connectivity index (χ3n) is 3.30. The average Bonchev–Trinajstić information content (AvgIpc) is 2.71. The Morgan fingerprint density at radius 3 is 2.53 bits per heavy atom. The summed E-state index contributed by atoms with van der Waals surface area (Å²) < 4.78 is 26.6. The van der Waals surface area contributed by atoms with Gasteiger partial charge in [-0.15, -0.1) is 0 Å². The molecule has 0 spiro atoms. The first kappa shape index (κ1) is 12.0. The number of hydrogen-bond acceptors (Lipinski definition) is 3. The molecule has 6 heteroatoms. The quantitative estimate of drug-likeness (QED) is 0.829. The first-order valence-electron chi connectivity index (χ1n) is 5.69. The molecule has 1 aliphatic carbocycles. The predicted octanol–water partition coefficient (Wildman–Crippen LogP) is 2.33. The lowest BCUT2D eigenvalue weighted by Gasteiger charge is -2.25. The number of aromatic nitrogens is 2. The molecule has 0 unspecified atom stereocenters. The van der Waals surface area contributed by atoms with E-state index in [1.54, 1.807) is 0 Å². The van der Waals surface area contributed by atoms with Crippen LogP contribution in [0.25, 0.3) is 0 Å². The minimum atomic E-state index is -2.64. The maximum atomic E-state index is 12.5. The molecule has 1 saturated carbocycles. The molecule has 0 aliphatic heterocycles. The molecule has 0 aromatic carbocycles. The molecule has 1 aromatic heterocycles. The van der Waals surface area contributed by atoms with Crippen molar-refractivity contribution in [3.63, 3.8) is 0 Å². The second-order valence-electron chi connectivity index (χ2n) is 4.46. The fourth-order valence-corrected chi connectivity index (χ4v) is 2.28. The molecule has 2 N–H and O–H groups in total. The molecular formula is C11H15F2N3O. The number of nitrogens with two attached hydrogens (primary N) is 1. The number of halogens is 2. The lowest BCUT2D eigenvalue weighted by Crippen LogP contribution is -2.19. The summed E-state index contributed by atoms with van der Waals surface area (Å²) in [6.07, 6.45) is 2.95. The number of aldehydes is 1.